The first-order valence-electron chi connectivity index (χ1n) is 10.1. The Kier molecular flexibility index (Phi) is 6.76. The third-order valence-electron chi connectivity index (χ3n) is 5.50. The van der Waals surface area contributed by atoms with Gasteiger partial charge in [-0.25, -0.2) is 8.42 Å². The number of likely N-dealkylation sites (tertiary alicyclic amines) is 1. The molecular weight excluding hydrogens is 360 g/mol. The lowest BCUT2D eigenvalue weighted by molar-refractivity contribution is 0.266. The molecule has 0 amide bonds. The molecule has 2 aliphatic heterocycles. The zero-order valence-electron chi connectivity index (χ0n) is 16.5. The number of hydrogen-bond acceptors (Lipinski definition) is 3. The van der Waals surface area contributed by atoms with Crippen LogP contribution in [-0.4, -0.2) is 56.8 Å². The first-order valence-corrected chi connectivity index (χ1v) is 11.5. The van der Waals surface area contributed by atoms with E-state index in [4.69, 9.17) is 0 Å². The summed E-state index contributed by atoms with van der Waals surface area (Å²) in [6, 6.07) is 7.26. The van der Waals surface area contributed by atoms with Crippen molar-refractivity contribution in [3.63, 3.8) is 0 Å². The van der Waals surface area contributed by atoms with E-state index in [0.29, 0.717) is 30.4 Å². The second-order valence-corrected chi connectivity index (χ2v) is 9.64. The van der Waals surface area contributed by atoms with Gasteiger partial charge in [-0.2, -0.15) is 4.31 Å². The fourth-order valence-corrected chi connectivity index (χ4v) is 5.45. The Labute approximate surface area is 163 Å². The number of sulfonamides is 1. The van der Waals surface area contributed by atoms with Crippen LogP contribution in [0.25, 0.3) is 0 Å². The Bertz CT molecular complexity index is 740. The molecule has 2 aliphatic rings. The number of benzene rings is 1. The Morgan fingerprint density at radius 1 is 1.11 bits per heavy atom. The van der Waals surface area contributed by atoms with Gasteiger partial charge >= 0.3 is 0 Å². The van der Waals surface area contributed by atoms with Gasteiger partial charge in [-0.15, -0.1) is 0 Å². The third kappa shape index (κ3) is 5.02. The van der Waals surface area contributed by atoms with E-state index in [2.05, 4.69) is 22.1 Å². The number of aliphatic imine (C=N–C) groups is 1. The summed E-state index contributed by atoms with van der Waals surface area (Å²) in [7, 11) is -1.54. The predicted molar refractivity (Wildman–Crippen MR) is 109 cm³/mol. The van der Waals surface area contributed by atoms with E-state index in [0.717, 1.165) is 43.9 Å². The zero-order valence-corrected chi connectivity index (χ0v) is 17.3. The quantitative estimate of drug-likeness (QED) is 0.632. The predicted octanol–water partition coefficient (Wildman–Crippen LogP) is 2.67. The van der Waals surface area contributed by atoms with Crippen LogP contribution in [0.1, 0.15) is 44.6 Å². The maximum Gasteiger partial charge on any atom is 0.243 e. The molecule has 1 N–H and O–H groups in total. The van der Waals surface area contributed by atoms with E-state index >= 15 is 0 Å². The summed E-state index contributed by atoms with van der Waals surface area (Å²) in [5.74, 6) is 1.61. The van der Waals surface area contributed by atoms with Crippen LogP contribution in [0.3, 0.4) is 0 Å². The van der Waals surface area contributed by atoms with E-state index in [1.54, 1.807) is 16.4 Å². The van der Waals surface area contributed by atoms with Gasteiger partial charge in [0, 0.05) is 39.8 Å². The molecule has 27 heavy (non-hydrogen) atoms. The Balaban J connectivity index is 1.60. The first-order chi connectivity index (χ1) is 13.0. The van der Waals surface area contributed by atoms with Gasteiger partial charge in [0.15, 0.2) is 5.96 Å². The molecule has 7 heteroatoms. The number of piperidine rings is 2. The van der Waals surface area contributed by atoms with Crippen LogP contribution < -0.4 is 5.32 Å². The van der Waals surface area contributed by atoms with E-state index in [9.17, 15) is 8.42 Å². The van der Waals surface area contributed by atoms with Crippen LogP contribution in [0.15, 0.2) is 34.2 Å². The molecule has 1 aromatic carbocycles. The Hall–Kier alpha value is -1.60. The second-order valence-electron chi connectivity index (χ2n) is 7.70. The molecule has 3 rings (SSSR count). The molecule has 0 aromatic heterocycles. The number of hydrogen-bond donors (Lipinski definition) is 1. The highest BCUT2D eigenvalue weighted by molar-refractivity contribution is 7.89. The highest BCUT2D eigenvalue weighted by atomic mass is 32.2. The molecule has 1 aromatic rings. The monoisotopic (exact) mass is 392 g/mol. The Morgan fingerprint density at radius 2 is 1.81 bits per heavy atom. The van der Waals surface area contributed by atoms with Crippen LogP contribution in [0.5, 0.6) is 0 Å². The lowest BCUT2D eigenvalue weighted by Gasteiger charge is -2.33. The molecule has 0 bridgehead atoms. The van der Waals surface area contributed by atoms with Crippen molar-refractivity contribution in [3.8, 4) is 0 Å². The molecule has 1 atom stereocenters. The summed E-state index contributed by atoms with van der Waals surface area (Å²) in [5.41, 5.74) is 1.05. The summed E-state index contributed by atoms with van der Waals surface area (Å²) < 4.78 is 27.1. The number of nitrogens with one attached hydrogen (secondary N) is 1. The van der Waals surface area contributed by atoms with Crippen LogP contribution >= 0.6 is 0 Å². The van der Waals surface area contributed by atoms with Crippen LogP contribution in [-0.2, 0) is 16.6 Å². The number of nitrogens with zero attached hydrogens (tertiary/aromatic N) is 3. The van der Waals surface area contributed by atoms with Crippen molar-refractivity contribution in [3.05, 3.63) is 29.8 Å². The summed E-state index contributed by atoms with van der Waals surface area (Å²) in [4.78, 5) is 7.11. The van der Waals surface area contributed by atoms with Crippen molar-refractivity contribution in [2.24, 2.45) is 10.9 Å². The summed E-state index contributed by atoms with van der Waals surface area (Å²) in [6.45, 7) is 6.26. The molecule has 2 saturated heterocycles. The van der Waals surface area contributed by atoms with Gasteiger partial charge in [-0.05, 0) is 49.3 Å². The highest BCUT2D eigenvalue weighted by Gasteiger charge is 2.25. The lowest BCUT2D eigenvalue weighted by Crippen LogP contribution is -2.45. The van der Waals surface area contributed by atoms with E-state index in [1.165, 1.54) is 12.8 Å². The largest absolute Gasteiger partial charge is 0.352 e. The molecule has 2 fully saturated rings. The molecule has 150 valence electrons. The average molecular weight is 393 g/mol. The second kappa shape index (κ2) is 9.06. The van der Waals surface area contributed by atoms with Gasteiger partial charge in [-0.1, -0.05) is 25.5 Å². The minimum atomic E-state index is -3.36. The minimum absolute atomic E-state index is 0.391. The van der Waals surface area contributed by atoms with Crippen molar-refractivity contribution in [1.82, 2.24) is 14.5 Å². The summed E-state index contributed by atoms with van der Waals surface area (Å²) >= 11 is 0. The topological polar surface area (TPSA) is 65.0 Å². The van der Waals surface area contributed by atoms with Crippen molar-refractivity contribution < 1.29 is 8.42 Å². The SMILES string of the molecule is CN=C(NCc1ccc(S(=O)(=O)N2CCCCC2)cc1)N1CCCC(C)C1. The summed E-state index contributed by atoms with van der Waals surface area (Å²) in [6.07, 6.45) is 5.50. The molecule has 6 nitrogen and oxygen atoms in total. The standard InChI is InChI=1S/C20H32N4O2S/c1-17-7-6-12-23(16-17)20(21-2)22-15-18-8-10-19(11-9-18)27(25,26)24-13-4-3-5-14-24/h8-11,17H,3-7,12-16H2,1-2H3,(H,21,22). The van der Waals surface area contributed by atoms with Crippen molar-refractivity contribution in [2.75, 3.05) is 33.2 Å². The smallest absolute Gasteiger partial charge is 0.243 e. The molecular formula is C20H32N4O2S. The average Bonchev–Trinajstić information content (AvgIpc) is 2.69. The molecule has 0 aliphatic carbocycles. The minimum Gasteiger partial charge on any atom is -0.352 e. The number of rotatable bonds is 4. The molecule has 0 spiro atoms. The van der Waals surface area contributed by atoms with Crippen molar-refractivity contribution in [1.29, 1.82) is 0 Å². The first kappa shape index (κ1) is 20.1. The molecule has 1 unspecified atom stereocenters. The zero-order chi connectivity index (χ0) is 19.3. The van der Waals surface area contributed by atoms with Crippen molar-refractivity contribution >= 4 is 16.0 Å². The Morgan fingerprint density at radius 3 is 2.44 bits per heavy atom. The fraction of sp³-hybridized carbons (Fsp3) is 0.650. The lowest BCUT2D eigenvalue weighted by atomic mass is 10.0. The van der Waals surface area contributed by atoms with E-state index in [-0.39, 0.29) is 0 Å². The maximum atomic E-state index is 12.7. The van der Waals surface area contributed by atoms with Crippen LogP contribution in [0.2, 0.25) is 0 Å². The number of guanidine groups is 1. The fourth-order valence-electron chi connectivity index (χ4n) is 3.93. The van der Waals surface area contributed by atoms with Gasteiger partial charge in [0.1, 0.15) is 0 Å². The van der Waals surface area contributed by atoms with Crippen molar-refractivity contribution in [2.45, 2.75) is 50.5 Å². The highest BCUT2D eigenvalue weighted by Crippen LogP contribution is 2.21. The van der Waals surface area contributed by atoms with Crippen LogP contribution in [0.4, 0.5) is 0 Å². The maximum absolute atomic E-state index is 12.7. The van der Waals surface area contributed by atoms with E-state index in [1.807, 2.05) is 19.2 Å². The van der Waals surface area contributed by atoms with Gasteiger partial charge in [0.2, 0.25) is 10.0 Å². The molecule has 2 heterocycles. The third-order valence-corrected chi connectivity index (χ3v) is 7.41. The van der Waals surface area contributed by atoms with Crippen LogP contribution in [0, 0.1) is 5.92 Å². The van der Waals surface area contributed by atoms with Gasteiger partial charge in [0.05, 0.1) is 4.90 Å². The van der Waals surface area contributed by atoms with Gasteiger partial charge < -0.3 is 10.2 Å². The molecule has 0 radical (unpaired) electrons. The molecule has 0 saturated carbocycles. The van der Waals surface area contributed by atoms with E-state index < -0.39 is 10.0 Å². The van der Waals surface area contributed by atoms with Gasteiger partial charge in [-0.3, -0.25) is 4.99 Å². The summed E-state index contributed by atoms with van der Waals surface area (Å²) in [5, 5.41) is 3.41. The van der Waals surface area contributed by atoms with Gasteiger partial charge in [0.25, 0.3) is 0 Å². The normalized spacial score (nSPS) is 22.7.